The summed E-state index contributed by atoms with van der Waals surface area (Å²) >= 11 is 7.32. The molecule has 0 spiro atoms. The Hall–Kier alpha value is -2.05. The van der Waals surface area contributed by atoms with Crippen LogP contribution in [0.25, 0.3) is 11.4 Å². The predicted molar refractivity (Wildman–Crippen MR) is 89.7 cm³/mol. The molecular formula is C16H14ClN3O2S. The predicted octanol–water partition coefficient (Wildman–Crippen LogP) is 4.48. The summed E-state index contributed by atoms with van der Waals surface area (Å²) in [5.41, 5.74) is 0.887. The van der Waals surface area contributed by atoms with E-state index in [1.54, 1.807) is 12.3 Å². The van der Waals surface area contributed by atoms with Gasteiger partial charge in [0.25, 0.3) is 0 Å². The van der Waals surface area contributed by atoms with Crippen molar-refractivity contribution in [1.82, 2.24) is 15.1 Å². The van der Waals surface area contributed by atoms with E-state index in [-0.39, 0.29) is 0 Å². The zero-order chi connectivity index (χ0) is 16.1. The van der Waals surface area contributed by atoms with E-state index in [2.05, 4.69) is 15.1 Å². The molecule has 5 nitrogen and oxygen atoms in total. The summed E-state index contributed by atoms with van der Waals surface area (Å²) in [6.07, 6.45) is 1.61. The van der Waals surface area contributed by atoms with Crippen molar-refractivity contribution in [3.05, 3.63) is 53.5 Å². The van der Waals surface area contributed by atoms with Gasteiger partial charge in [-0.1, -0.05) is 28.5 Å². The quantitative estimate of drug-likeness (QED) is 0.613. The van der Waals surface area contributed by atoms with E-state index in [9.17, 15) is 0 Å². The molecule has 2 aromatic heterocycles. The molecule has 0 radical (unpaired) electrons. The Morgan fingerprint density at radius 1 is 1.17 bits per heavy atom. The number of aromatic nitrogens is 3. The van der Waals surface area contributed by atoms with Gasteiger partial charge in [-0.2, -0.15) is 4.98 Å². The Bertz CT molecular complexity index is 760. The Morgan fingerprint density at radius 3 is 2.70 bits per heavy atom. The van der Waals surface area contributed by atoms with Crippen LogP contribution in [0.15, 0.2) is 52.1 Å². The monoisotopic (exact) mass is 347 g/mol. The highest BCUT2D eigenvalue weighted by atomic mass is 35.5. The molecule has 0 saturated heterocycles. The van der Waals surface area contributed by atoms with Crippen LogP contribution in [0.5, 0.6) is 5.75 Å². The molecular weight excluding hydrogens is 334 g/mol. The average molecular weight is 348 g/mol. The van der Waals surface area contributed by atoms with Crippen molar-refractivity contribution >= 4 is 23.4 Å². The fraction of sp³-hybridized carbons (Fsp3) is 0.188. The molecule has 3 rings (SSSR count). The normalized spacial score (nSPS) is 10.7. The number of nitrogens with zero attached hydrogens (tertiary/aromatic N) is 3. The standard InChI is InChI=1S/C16H14ClN3O2S/c1-2-21-13-6-3-11(4-7-13)16-19-14(22-20-16)10-23-15-8-5-12(17)9-18-15/h3-9H,2,10H2,1H3. The molecule has 0 bridgehead atoms. The molecule has 0 saturated carbocycles. The number of hydrogen-bond acceptors (Lipinski definition) is 6. The van der Waals surface area contributed by atoms with Crippen molar-refractivity contribution in [3.8, 4) is 17.1 Å². The van der Waals surface area contributed by atoms with E-state index in [4.69, 9.17) is 20.9 Å². The van der Waals surface area contributed by atoms with Gasteiger partial charge in [0, 0.05) is 11.8 Å². The van der Waals surface area contributed by atoms with Crippen LogP contribution in [0.2, 0.25) is 5.02 Å². The number of thioether (sulfide) groups is 1. The zero-order valence-corrected chi connectivity index (χ0v) is 14.0. The lowest BCUT2D eigenvalue weighted by Crippen LogP contribution is -1.91. The first-order chi connectivity index (χ1) is 11.2. The van der Waals surface area contributed by atoms with Crippen LogP contribution in [0.1, 0.15) is 12.8 Å². The summed E-state index contributed by atoms with van der Waals surface area (Å²) in [6.45, 7) is 2.59. The second kappa shape index (κ2) is 7.48. The molecule has 118 valence electrons. The summed E-state index contributed by atoms with van der Waals surface area (Å²) in [5.74, 6) is 2.49. The van der Waals surface area contributed by atoms with Gasteiger partial charge in [-0.15, -0.1) is 0 Å². The largest absolute Gasteiger partial charge is 0.494 e. The first kappa shape index (κ1) is 15.8. The lowest BCUT2D eigenvalue weighted by molar-refractivity contribution is 0.340. The minimum absolute atomic E-state index is 0.552. The second-order valence-corrected chi connectivity index (χ2v) is 6.00. The van der Waals surface area contributed by atoms with Gasteiger partial charge in [0.2, 0.25) is 11.7 Å². The first-order valence-electron chi connectivity index (χ1n) is 7.05. The molecule has 0 aliphatic heterocycles. The number of ether oxygens (including phenoxy) is 1. The number of rotatable bonds is 6. The second-order valence-electron chi connectivity index (χ2n) is 4.57. The number of halogens is 1. The van der Waals surface area contributed by atoms with Gasteiger partial charge < -0.3 is 9.26 Å². The first-order valence-corrected chi connectivity index (χ1v) is 8.41. The maximum atomic E-state index is 5.81. The van der Waals surface area contributed by atoms with Crippen LogP contribution in [0, 0.1) is 0 Å². The van der Waals surface area contributed by atoms with Crippen LogP contribution in [-0.4, -0.2) is 21.7 Å². The van der Waals surface area contributed by atoms with Crippen LogP contribution < -0.4 is 4.74 Å². The van der Waals surface area contributed by atoms with Crippen LogP contribution in [0.3, 0.4) is 0 Å². The number of benzene rings is 1. The Labute approximate surface area is 143 Å². The van der Waals surface area contributed by atoms with Crippen molar-refractivity contribution in [2.45, 2.75) is 17.7 Å². The van der Waals surface area contributed by atoms with E-state index < -0.39 is 0 Å². The maximum Gasteiger partial charge on any atom is 0.237 e. The van der Waals surface area contributed by atoms with Crippen molar-refractivity contribution < 1.29 is 9.26 Å². The summed E-state index contributed by atoms with van der Waals surface area (Å²) in [4.78, 5) is 8.61. The van der Waals surface area contributed by atoms with E-state index in [0.717, 1.165) is 16.3 Å². The summed E-state index contributed by atoms with van der Waals surface area (Å²) < 4.78 is 10.7. The minimum atomic E-state index is 0.552. The Kier molecular flexibility index (Phi) is 5.15. The topological polar surface area (TPSA) is 61.0 Å². The highest BCUT2D eigenvalue weighted by Gasteiger charge is 2.09. The molecule has 0 aliphatic carbocycles. The number of pyridine rings is 1. The smallest absolute Gasteiger partial charge is 0.237 e. The Balaban J connectivity index is 1.64. The van der Waals surface area contributed by atoms with E-state index in [1.807, 2.05) is 37.3 Å². The highest BCUT2D eigenvalue weighted by Crippen LogP contribution is 2.24. The van der Waals surface area contributed by atoms with Gasteiger partial charge in [-0.25, -0.2) is 4.98 Å². The summed E-state index contributed by atoms with van der Waals surface area (Å²) in [7, 11) is 0. The molecule has 2 heterocycles. The SMILES string of the molecule is CCOc1ccc(-c2noc(CSc3ccc(Cl)cn3)n2)cc1. The molecule has 0 unspecified atom stereocenters. The molecule has 3 aromatic rings. The summed E-state index contributed by atoms with van der Waals surface area (Å²) in [5, 5.41) is 5.48. The molecule has 0 aliphatic rings. The molecule has 0 amide bonds. The molecule has 0 N–H and O–H groups in total. The molecule has 0 fully saturated rings. The van der Waals surface area contributed by atoms with Gasteiger partial charge >= 0.3 is 0 Å². The fourth-order valence-corrected chi connectivity index (χ4v) is 2.67. The van der Waals surface area contributed by atoms with Gasteiger partial charge in [0.05, 0.1) is 22.4 Å². The van der Waals surface area contributed by atoms with Gasteiger partial charge in [0.1, 0.15) is 5.75 Å². The van der Waals surface area contributed by atoms with Crippen molar-refractivity contribution in [2.24, 2.45) is 0 Å². The maximum absolute atomic E-state index is 5.81. The highest BCUT2D eigenvalue weighted by molar-refractivity contribution is 7.98. The minimum Gasteiger partial charge on any atom is -0.494 e. The van der Waals surface area contributed by atoms with Gasteiger partial charge in [-0.05, 0) is 43.3 Å². The molecule has 23 heavy (non-hydrogen) atoms. The van der Waals surface area contributed by atoms with Crippen LogP contribution in [-0.2, 0) is 5.75 Å². The van der Waals surface area contributed by atoms with Gasteiger partial charge in [0.15, 0.2) is 0 Å². The fourth-order valence-electron chi connectivity index (χ4n) is 1.88. The third-order valence-corrected chi connectivity index (χ3v) is 4.09. The van der Waals surface area contributed by atoms with E-state index in [1.165, 1.54) is 11.8 Å². The zero-order valence-electron chi connectivity index (χ0n) is 12.4. The van der Waals surface area contributed by atoms with Crippen LogP contribution in [0.4, 0.5) is 0 Å². The van der Waals surface area contributed by atoms with E-state index >= 15 is 0 Å². The Morgan fingerprint density at radius 2 is 2.00 bits per heavy atom. The summed E-state index contributed by atoms with van der Waals surface area (Å²) in [6, 6.07) is 11.3. The lowest BCUT2D eigenvalue weighted by Gasteiger charge is -2.02. The van der Waals surface area contributed by atoms with Crippen LogP contribution >= 0.6 is 23.4 Å². The van der Waals surface area contributed by atoms with Gasteiger partial charge in [-0.3, -0.25) is 0 Å². The van der Waals surface area contributed by atoms with Crippen molar-refractivity contribution in [2.75, 3.05) is 6.61 Å². The third kappa shape index (κ3) is 4.24. The van der Waals surface area contributed by atoms with Crippen molar-refractivity contribution in [1.29, 1.82) is 0 Å². The lowest BCUT2D eigenvalue weighted by atomic mass is 10.2. The average Bonchev–Trinajstić information content (AvgIpc) is 3.04. The van der Waals surface area contributed by atoms with E-state index in [0.29, 0.717) is 29.1 Å². The molecule has 1 aromatic carbocycles. The molecule has 0 atom stereocenters. The number of hydrogen-bond donors (Lipinski definition) is 0. The van der Waals surface area contributed by atoms with Crippen molar-refractivity contribution in [3.63, 3.8) is 0 Å². The third-order valence-electron chi connectivity index (χ3n) is 2.94. The molecule has 7 heteroatoms.